The summed E-state index contributed by atoms with van der Waals surface area (Å²) in [5.41, 5.74) is 1.86. The average molecular weight is 473 g/mol. The Morgan fingerprint density at radius 1 is 0.912 bits per heavy atom. The van der Waals surface area contributed by atoms with Crippen molar-refractivity contribution in [1.82, 2.24) is 0 Å². The van der Waals surface area contributed by atoms with Gasteiger partial charge < -0.3 is 15.3 Å². The summed E-state index contributed by atoms with van der Waals surface area (Å²) in [4.78, 5) is 0. The lowest BCUT2D eigenvalue weighted by molar-refractivity contribution is -0.201. The molecule has 11 atom stereocenters. The molecule has 5 rings (SSSR count). The minimum Gasteiger partial charge on any atom is -0.393 e. The zero-order valence-corrected chi connectivity index (χ0v) is 23.0. The van der Waals surface area contributed by atoms with Crippen LogP contribution in [0.15, 0.2) is 12.2 Å². The minimum absolute atomic E-state index is 0.100. The fraction of sp³-hybridized carbons (Fsp3) is 0.935. The molecule has 3 heteroatoms. The maximum atomic E-state index is 11.8. The summed E-state index contributed by atoms with van der Waals surface area (Å²) in [6.07, 6.45) is 9.05. The summed E-state index contributed by atoms with van der Waals surface area (Å²) in [6.45, 7) is 20.4. The fourth-order valence-electron chi connectivity index (χ4n) is 11.3. The summed E-state index contributed by atoms with van der Waals surface area (Å²) in [7, 11) is 0. The van der Waals surface area contributed by atoms with E-state index in [1.165, 1.54) is 32.1 Å². The normalized spacial score (nSPS) is 52.7. The molecule has 0 aromatic rings. The van der Waals surface area contributed by atoms with Gasteiger partial charge in [-0.05, 0) is 120 Å². The van der Waals surface area contributed by atoms with Crippen molar-refractivity contribution in [3.8, 4) is 0 Å². The average Bonchev–Trinajstić information content (AvgIpc) is 3.31. The van der Waals surface area contributed by atoms with Gasteiger partial charge in [0.2, 0.25) is 0 Å². The van der Waals surface area contributed by atoms with Crippen LogP contribution < -0.4 is 0 Å². The predicted octanol–water partition coefficient (Wildman–Crippen LogP) is 6.36. The second-order valence-electron chi connectivity index (χ2n) is 15.1. The van der Waals surface area contributed by atoms with E-state index in [1.54, 1.807) is 0 Å². The van der Waals surface area contributed by atoms with Crippen LogP contribution in [0.1, 0.15) is 106 Å². The Bertz CT molecular complexity index is 848. The highest BCUT2D eigenvalue weighted by molar-refractivity contribution is 5.32. The Morgan fingerprint density at radius 3 is 2.24 bits per heavy atom. The molecule has 194 valence electrons. The Labute approximate surface area is 208 Å². The summed E-state index contributed by atoms with van der Waals surface area (Å²) in [5.74, 6) is 2.19. The first kappa shape index (κ1) is 25.3. The van der Waals surface area contributed by atoms with Gasteiger partial charge in [0.25, 0.3) is 0 Å². The molecule has 0 unspecified atom stereocenters. The first-order valence-electron chi connectivity index (χ1n) is 14.4. The van der Waals surface area contributed by atoms with E-state index in [4.69, 9.17) is 0 Å². The van der Waals surface area contributed by atoms with Gasteiger partial charge in [0, 0.05) is 0 Å². The molecule has 0 aliphatic heterocycles. The van der Waals surface area contributed by atoms with E-state index >= 15 is 0 Å². The Balaban J connectivity index is 1.43. The van der Waals surface area contributed by atoms with Crippen LogP contribution in [0.4, 0.5) is 0 Å². The van der Waals surface area contributed by atoms with Gasteiger partial charge in [-0.1, -0.05) is 55.0 Å². The summed E-state index contributed by atoms with van der Waals surface area (Å²) < 4.78 is 0. The highest BCUT2D eigenvalue weighted by Crippen LogP contribution is 2.89. The lowest BCUT2D eigenvalue weighted by Crippen LogP contribution is -2.61. The van der Waals surface area contributed by atoms with Gasteiger partial charge in [0.1, 0.15) is 0 Å². The van der Waals surface area contributed by atoms with Crippen molar-refractivity contribution in [2.75, 3.05) is 0 Å². The van der Waals surface area contributed by atoms with Crippen LogP contribution in [0.5, 0.6) is 0 Å². The SMILES string of the molecule is C=C(C(C)C)[C@H](O)C[C@@H](C)[C@H]1CC[C@@]2(C)[C@@H]3[C@@H](O)C[C@H]4C(C)(C)[C@@H](O)CC[C@@]45C[C@@]35CC[C@]12C. The van der Waals surface area contributed by atoms with E-state index < -0.39 is 6.10 Å². The molecule has 5 fully saturated rings. The standard InChI is InChI=1S/C31H52O3/c1-18(2)20(4)22(32)15-19(3)21-9-11-29(8)26-23(33)16-24-27(5,6)25(34)10-12-30(24)17-31(26,30)14-13-28(21,29)7/h18-19,21-26,32-34H,4,9-17H2,1-3,5-8H3/t19-,21-,22-,23+,24+,25+,26+,28-,29+,30-,31+/m1/s1. The molecule has 34 heavy (non-hydrogen) atoms. The molecule has 0 bridgehead atoms. The molecular weight excluding hydrogens is 420 g/mol. The predicted molar refractivity (Wildman–Crippen MR) is 138 cm³/mol. The number of rotatable bonds is 5. The van der Waals surface area contributed by atoms with Crippen LogP contribution in [0, 0.1) is 56.7 Å². The van der Waals surface area contributed by atoms with Crippen LogP contribution >= 0.6 is 0 Å². The van der Waals surface area contributed by atoms with E-state index in [9.17, 15) is 15.3 Å². The van der Waals surface area contributed by atoms with E-state index in [1.807, 2.05) is 0 Å². The lowest BCUT2D eigenvalue weighted by Gasteiger charge is -2.64. The molecule has 0 radical (unpaired) electrons. The summed E-state index contributed by atoms with van der Waals surface area (Å²) >= 11 is 0. The van der Waals surface area contributed by atoms with E-state index in [0.717, 1.165) is 31.3 Å². The molecule has 0 saturated heterocycles. The molecule has 5 aliphatic rings. The third kappa shape index (κ3) is 2.93. The van der Waals surface area contributed by atoms with Crippen molar-refractivity contribution in [2.45, 2.75) is 125 Å². The molecule has 0 heterocycles. The van der Waals surface area contributed by atoms with Crippen molar-refractivity contribution in [3.05, 3.63) is 12.2 Å². The van der Waals surface area contributed by atoms with Gasteiger partial charge in [0.15, 0.2) is 0 Å². The summed E-state index contributed by atoms with van der Waals surface area (Å²) in [6, 6.07) is 0. The molecule has 2 spiro atoms. The fourth-order valence-corrected chi connectivity index (χ4v) is 11.3. The highest BCUT2D eigenvalue weighted by Gasteiger charge is 2.83. The van der Waals surface area contributed by atoms with Crippen molar-refractivity contribution in [3.63, 3.8) is 0 Å². The van der Waals surface area contributed by atoms with Gasteiger partial charge in [-0.15, -0.1) is 0 Å². The first-order chi connectivity index (χ1) is 15.7. The molecule has 3 nitrogen and oxygen atoms in total. The second kappa shape index (κ2) is 7.57. The minimum atomic E-state index is -0.413. The Morgan fingerprint density at radius 2 is 1.59 bits per heavy atom. The van der Waals surface area contributed by atoms with Gasteiger partial charge in [-0.2, -0.15) is 0 Å². The van der Waals surface area contributed by atoms with Crippen LogP contribution in [-0.4, -0.2) is 33.6 Å². The highest BCUT2D eigenvalue weighted by atomic mass is 16.3. The zero-order chi connectivity index (χ0) is 25.1. The van der Waals surface area contributed by atoms with Gasteiger partial charge in [0.05, 0.1) is 18.3 Å². The maximum Gasteiger partial charge on any atom is 0.0752 e. The topological polar surface area (TPSA) is 60.7 Å². The number of hydrogen-bond donors (Lipinski definition) is 3. The maximum absolute atomic E-state index is 11.8. The van der Waals surface area contributed by atoms with Crippen molar-refractivity contribution in [2.24, 2.45) is 56.7 Å². The summed E-state index contributed by atoms with van der Waals surface area (Å²) in [5, 5.41) is 33.6. The van der Waals surface area contributed by atoms with Crippen LogP contribution in [0.2, 0.25) is 0 Å². The molecular formula is C31H52O3. The first-order valence-corrected chi connectivity index (χ1v) is 14.4. The smallest absolute Gasteiger partial charge is 0.0752 e. The quantitative estimate of drug-likeness (QED) is 0.408. The molecule has 3 N–H and O–H groups in total. The van der Waals surface area contributed by atoms with Crippen molar-refractivity contribution < 1.29 is 15.3 Å². The largest absolute Gasteiger partial charge is 0.393 e. The van der Waals surface area contributed by atoms with E-state index in [2.05, 4.69) is 55.0 Å². The zero-order valence-electron chi connectivity index (χ0n) is 23.0. The number of fused-ring (bicyclic) bond motifs is 2. The number of hydrogen-bond acceptors (Lipinski definition) is 3. The van der Waals surface area contributed by atoms with Crippen LogP contribution in [0.3, 0.4) is 0 Å². The van der Waals surface area contributed by atoms with Crippen LogP contribution in [0.25, 0.3) is 0 Å². The number of aliphatic hydroxyl groups excluding tert-OH is 3. The van der Waals surface area contributed by atoms with E-state index in [0.29, 0.717) is 35.0 Å². The van der Waals surface area contributed by atoms with Crippen LogP contribution in [-0.2, 0) is 0 Å². The molecule has 5 aliphatic carbocycles. The molecule has 0 amide bonds. The second-order valence-corrected chi connectivity index (χ2v) is 15.1. The molecule has 0 aromatic carbocycles. The van der Waals surface area contributed by atoms with E-state index in [-0.39, 0.29) is 33.9 Å². The third-order valence-electron chi connectivity index (χ3n) is 13.6. The van der Waals surface area contributed by atoms with Crippen molar-refractivity contribution >= 4 is 0 Å². The monoisotopic (exact) mass is 472 g/mol. The lowest BCUT2D eigenvalue weighted by atomic mass is 9.41. The van der Waals surface area contributed by atoms with Gasteiger partial charge in [-0.3, -0.25) is 0 Å². The molecule has 0 aromatic heterocycles. The van der Waals surface area contributed by atoms with Gasteiger partial charge >= 0.3 is 0 Å². The number of aliphatic hydroxyl groups is 3. The van der Waals surface area contributed by atoms with Gasteiger partial charge in [-0.25, -0.2) is 0 Å². The van der Waals surface area contributed by atoms with Crippen molar-refractivity contribution in [1.29, 1.82) is 0 Å². The molecule has 5 saturated carbocycles. The Kier molecular flexibility index (Phi) is 5.63. The Hall–Kier alpha value is -0.380. The third-order valence-corrected chi connectivity index (χ3v) is 13.6.